The third kappa shape index (κ3) is 3.26. The smallest absolute Gasteiger partial charge is 0.117 e. The van der Waals surface area contributed by atoms with Gasteiger partial charge in [0.25, 0.3) is 0 Å². The first-order valence-corrected chi connectivity index (χ1v) is 11.7. The molecule has 0 bridgehead atoms. The molecular weight excluding hydrogens is 351 g/mol. The first-order chi connectivity index (χ1) is 12.8. The molecule has 0 nitrogen and oxygen atoms in total. The van der Waals surface area contributed by atoms with Crippen LogP contribution in [0.2, 0.25) is 0 Å². The van der Waals surface area contributed by atoms with E-state index in [4.69, 9.17) is 0 Å². The molecule has 3 aromatic carbocycles. The summed E-state index contributed by atoms with van der Waals surface area (Å²) >= 11 is 1.93. The van der Waals surface area contributed by atoms with Crippen LogP contribution in [0.15, 0.2) is 103 Å². The van der Waals surface area contributed by atoms with Crippen molar-refractivity contribution < 1.29 is 0 Å². The minimum atomic E-state index is -1.75. The van der Waals surface area contributed by atoms with Crippen molar-refractivity contribution in [3.05, 3.63) is 113 Å². The zero-order valence-electron chi connectivity index (χ0n) is 14.9. The molecule has 4 rings (SSSR count). The second-order valence-corrected chi connectivity index (χ2v) is 11.3. The van der Waals surface area contributed by atoms with Gasteiger partial charge in [-0.25, -0.2) is 0 Å². The first-order valence-electron chi connectivity index (χ1n) is 8.89. The number of thiophene rings is 1. The van der Waals surface area contributed by atoms with Crippen molar-refractivity contribution in [3.63, 3.8) is 0 Å². The highest BCUT2D eigenvalue weighted by molar-refractivity contribution is 7.95. The molecule has 26 heavy (non-hydrogen) atoms. The number of rotatable bonds is 5. The predicted molar refractivity (Wildman–Crippen MR) is 118 cm³/mol. The van der Waals surface area contributed by atoms with Gasteiger partial charge in [0.1, 0.15) is 29.3 Å². The van der Waals surface area contributed by atoms with Crippen LogP contribution in [-0.2, 0) is 6.16 Å². The van der Waals surface area contributed by atoms with Gasteiger partial charge in [0.05, 0.1) is 0 Å². The van der Waals surface area contributed by atoms with Crippen LogP contribution in [0, 0.1) is 6.92 Å². The molecule has 0 N–H and O–H groups in total. The van der Waals surface area contributed by atoms with Crippen LogP contribution in [0.5, 0.6) is 0 Å². The molecule has 0 aliphatic carbocycles. The van der Waals surface area contributed by atoms with Crippen LogP contribution >= 0.6 is 18.6 Å². The van der Waals surface area contributed by atoms with Crippen molar-refractivity contribution in [2.24, 2.45) is 0 Å². The summed E-state index contributed by atoms with van der Waals surface area (Å²) < 4.78 is 0. The van der Waals surface area contributed by atoms with Crippen molar-refractivity contribution in [3.8, 4) is 0 Å². The van der Waals surface area contributed by atoms with Gasteiger partial charge in [0.15, 0.2) is 0 Å². The fourth-order valence-corrected chi connectivity index (χ4v) is 9.16. The van der Waals surface area contributed by atoms with Gasteiger partial charge >= 0.3 is 0 Å². The molecule has 0 unspecified atom stereocenters. The zero-order valence-corrected chi connectivity index (χ0v) is 16.6. The Morgan fingerprint density at radius 1 is 0.577 bits per heavy atom. The maximum atomic E-state index is 2.31. The van der Waals surface area contributed by atoms with E-state index in [0.717, 1.165) is 6.16 Å². The number of benzene rings is 3. The van der Waals surface area contributed by atoms with E-state index in [1.165, 1.54) is 25.7 Å². The lowest BCUT2D eigenvalue weighted by Crippen LogP contribution is -2.32. The molecule has 0 spiro atoms. The van der Waals surface area contributed by atoms with Gasteiger partial charge in [0.2, 0.25) is 0 Å². The largest absolute Gasteiger partial charge is 0.142 e. The van der Waals surface area contributed by atoms with E-state index in [1.807, 2.05) is 11.3 Å². The van der Waals surface area contributed by atoms with Crippen LogP contribution < -0.4 is 15.9 Å². The molecule has 4 aromatic rings. The predicted octanol–water partition coefficient (Wildman–Crippen LogP) is 5.55. The van der Waals surface area contributed by atoms with Crippen molar-refractivity contribution in [2.45, 2.75) is 13.1 Å². The molecule has 0 aliphatic heterocycles. The Balaban J connectivity index is 2.00. The Kier molecular flexibility index (Phi) is 5.02. The SMILES string of the molecule is Cc1ccc(C[P+](c2ccccc2)(c2ccccc2)c2ccccc2)s1. The first kappa shape index (κ1) is 17.2. The Morgan fingerprint density at radius 3 is 1.35 bits per heavy atom. The van der Waals surface area contributed by atoms with E-state index in [9.17, 15) is 0 Å². The van der Waals surface area contributed by atoms with Gasteiger partial charge in [-0.3, -0.25) is 0 Å². The van der Waals surface area contributed by atoms with Crippen LogP contribution in [0.4, 0.5) is 0 Å². The Morgan fingerprint density at radius 2 is 1.00 bits per heavy atom. The number of hydrogen-bond acceptors (Lipinski definition) is 1. The zero-order chi connectivity index (χ0) is 17.8. The summed E-state index contributed by atoms with van der Waals surface area (Å²) in [6.45, 7) is 2.20. The molecule has 0 radical (unpaired) electrons. The van der Waals surface area contributed by atoms with E-state index in [1.54, 1.807) is 0 Å². The normalized spacial score (nSPS) is 11.4. The van der Waals surface area contributed by atoms with Crippen LogP contribution in [-0.4, -0.2) is 0 Å². The average Bonchev–Trinajstić information content (AvgIpc) is 3.13. The van der Waals surface area contributed by atoms with Crippen molar-refractivity contribution in [1.29, 1.82) is 0 Å². The summed E-state index contributed by atoms with van der Waals surface area (Å²) in [6.07, 6.45) is 1.07. The topological polar surface area (TPSA) is 0 Å². The van der Waals surface area contributed by atoms with Crippen LogP contribution in [0.3, 0.4) is 0 Å². The van der Waals surface area contributed by atoms with Crippen molar-refractivity contribution in [1.82, 2.24) is 0 Å². The molecule has 0 fully saturated rings. The second-order valence-electron chi connectivity index (χ2n) is 6.49. The molecule has 2 heteroatoms. The fourth-order valence-electron chi connectivity index (χ4n) is 3.57. The van der Waals surface area contributed by atoms with E-state index < -0.39 is 7.26 Å². The maximum Gasteiger partial charge on any atom is 0.117 e. The molecule has 0 atom stereocenters. The summed E-state index contributed by atoms with van der Waals surface area (Å²) in [5.74, 6) is 0. The second kappa shape index (κ2) is 7.58. The quantitative estimate of drug-likeness (QED) is 0.402. The highest BCUT2D eigenvalue weighted by Crippen LogP contribution is 2.58. The highest BCUT2D eigenvalue weighted by Gasteiger charge is 2.45. The van der Waals surface area contributed by atoms with Gasteiger partial charge < -0.3 is 0 Å². The Hall–Kier alpha value is -2.21. The maximum absolute atomic E-state index is 2.31. The third-order valence-corrected chi connectivity index (χ3v) is 10.3. The summed E-state index contributed by atoms with van der Waals surface area (Å²) in [5, 5.41) is 4.34. The monoisotopic (exact) mass is 373 g/mol. The van der Waals surface area contributed by atoms with E-state index in [-0.39, 0.29) is 0 Å². The van der Waals surface area contributed by atoms with Crippen molar-refractivity contribution in [2.75, 3.05) is 0 Å². The van der Waals surface area contributed by atoms with Gasteiger partial charge in [0, 0.05) is 9.75 Å². The average molecular weight is 373 g/mol. The molecule has 128 valence electrons. The summed E-state index contributed by atoms with van der Waals surface area (Å²) in [4.78, 5) is 2.85. The number of aryl methyl sites for hydroxylation is 1. The van der Waals surface area contributed by atoms with Gasteiger partial charge in [-0.2, -0.15) is 0 Å². The molecule has 1 aromatic heterocycles. The molecular formula is C24H22PS+. The van der Waals surface area contributed by atoms with Gasteiger partial charge in [-0.1, -0.05) is 54.6 Å². The van der Waals surface area contributed by atoms with Gasteiger partial charge in [-0.15, -0.1) is 11.3 Å². The fraction of sp³-hybridized carbons (Fsp3) is 0.0833. The van der Waals surface area contributed by atoms with Crippen LogP contribution in [0.25, 0.3) is 0 Å². The van der Waals surface area contributed by atoms with Crippen molar-refractivity contribution >= 4 is 34.5 Å². The minimum Gasteiger partial charge on any atom is -0.142 e. The highest BCUT2D eigenvalue weighted by atomic mass is 32.1. The van der Waals surface area contributed by atoms with E-state index >= 15 is 0 Å². The van der Waals surface area contributed by atoms with E-state index in [0.29, 0.717) is 0 Å². The molecule has 1 heterocycles. The standard InChI is InChI=1S/C24H22PS/c1-20-17-18-24(26-20)19-25(21-11-5-2-6-12-21,22-13-7-3-8-14-22)23-15-9-4-10-16-23/h2-18H,19H2,1H3/q+1. The lowest BCUT2D eigenvalue weighted by atomic mass is 10.4. The van der Waals surface area contributed by atoms with Crippen LogP contribution in [0.1, 0.15) is 9.75 Å². The molecule has 0 saturated carbocycles. The summed E-state index contributed by atoms with van der Waals surface area (Å²) in [6, 6.07) is 37.8. The third-order valence-electron chi connectivity index (χ3n) is 4.78. The lowest BCUT2D eigenvalue weighted by Gasteiger charge is -2.27. The lowest BCUT2D eigenvalue weighted by molar-refractivity contribution is 1.50. The minimum absolute atomic E-state index is 1.07. The molecule has 0 saturated heterocycles. The molecule has 0 amide bonds. The Bertz CT molecular complexity index is 862. The number of hydrogen-bond donors (Lipinski definition) is 0. The summed E-state index contributed by atoms with van der Waals surface area (Å²) in [5.41, 5.74) is 0. The van der Waals surface area contributed by atoms with Gasteiger partial charge in [-0.05, 0) is 55.5 Å². The Labute approximate surface area is 160 Å². The van der Waals surface area contributed by atoms with E-state index in [2.05, 4.69) is 110 Å². The summed E-state index contributed by atoms with van der Waals surface area (Å²) in [7, 11) is -1.75. The molecule has 0 aliphatic rings.